The standard InChI is InChI=1S/C26H33ClFNO5S/c1-5-7-11-26(6-2)16-29(19-10-8-9-18(3)12-19)22-13-20(27)23(14-24(22)35(31,32)17-26)34-15-21(28)25(30)33-4/h8-10,13-15,18H,5-7,11-12,16-17H2,1-4H3/b21-15-. The number of hydrogen-bond donors (Lipinski definition) is 0. The molecule has 3 rings (SSSR count). The van der Waals surface area contributed by atoms with Gasteiger partial charge in [-0.3, -0.25) is 0 Å². The van der Waals surface area contributed by atoms with E-state index in [0.717, 1.165) is 38.5 Å². The number of unbranched alkanes of at least 4 members (excludes halogenated alkanes) is 1. The molecular formula is C26H33ClFNO5S. The molecular weight excluding hydrogens is 493 g/mol. The lowest BCUT2D eigenvalue weighted by atomic mass is 9.81. The van der Waals surface area contributed by atoms with Crippen molar-refractivity contribution in [2.75, 3.05) is 24.3 Å². The number of nitrogens with zero attached hydrogens (tertiary/aromatic N) is 1. The molecule has 9 heteroatoms. The number of hydrogen-bond acceptors (Lipinski definition) is 6. The first-order chi connectivity index (χ1) is 16.6. The molecule has 0 saturated carbocycles. The maximum atomic E-state index is 13.9. The Kier molecular flexibility index (Phi) is 8.70. The highest BCUT2D eigenvalue weighted by Gasteiger charge is 2.42. The third kappa shape index (κ3) is 6.09. The number of rotatable bonds is 8. The van der Waals surface area contributed by atoms with Gasteiger partial charge in [-0.15, -0.1) is 0 Å². The summed E-state index contributed by atoms with van der Waals surface area (Å²) in [5.41, 5.74) is 1.07. The van der Waals surface area contributed by atoms with Crippen LogP contribution in [0, 0.1) is 11.3 Å². The van der Waals surface area contributed by atoms with Gasteiger partial charge < -0.3 is 14.4 Å². The Bertz CT molecular complexity index is 1160. The van der Waals surface area contributed by atoms with Crippen molar-refractivity contribution in [1.82, 2.24) is 0 Å². The van der Waals surface area contributed by atoms with Gasteiger partial charge in [0.15, 0.2) is 9.84 Å². The molecule has 1 aromatic carbocycles. The topological polar surface area (TPSA) is 72.9 Å². The van der Waals surface area contributed by atoms with E-state index in [0.29, 0.717) is 30.8 Å². The lowest BCUT2D eigenvalue weighted by molar-refractivity contribution is -0.137. The zero-order chi connectivity index (χ0) is 25.8. The molecule has 0 radical (unpaired) electrons. The highest BCUT2D eigenvalue weighted by molar-refractivity contribution is 7.91. The first-order valence-electron chi connectivity index (χ1n) is 11.9. The maximum absolute atomic E-state index is 13.9. The van der Waals surface area contributed by atoms with Crippen LogP contribution in [0.1, 0.15) is 52.9 Å². The van der Waals surface area contributed by atoms with E-state index in [4.69, 9.17) is 16.3 Å². The Hall–Kier alpha value is -2.32. The molecule has 2 aliphatic rings. The van der Waals surface area contributed by atoms with E-state index >= 15 is 0 Å². The molecule has 1 aromatic rings. The molecule has 35 heavy (non-hydrogen) atoms. The van der Waals surface area contributed by atoms with E-state index in [1.807, 2.05) is 19.1 Å². The van der Waals surface area contributed by atoms with E-state index in [9.17, 15) is 17.6 Å². The van der Waals surface area contributed by atoms with Gasteiger partial charge in [0.25, 0.3) is 0 Å². The molecule has 0 bridgehead atoms. The predicted octanol–water partition coefficient (Wildman–Crippen LogP) is 6.36. The summed E-state index contributed by atoms with van der Waals surface area (Å²) in [7, 11) is -2.70. The van der Waals surface area contributed by atoms with Gasteiger partial charge in [0.05, 0.1) is 28.5 Å². The number of allylic oxidation sites excluding steroid dienone is 4. The van der Waals surface area contributed by atoms with E-state index in [2.05, 4.69) is 29.6 Å². The van der Waals surface area contributed by atoms with Gasteiger partial charge in [0.2, 0.25) is 5.83 Å². The van der Waals surface area contributed by atoms with E-state index in [-0.39, 0.29) is 21.4 Å². The summed E-state index contributed by atoms with van der Waals surface area (Å²) in [4.78, 5) is 13.5. The molecule has 6 nitrogen and oxygen atoms in total. The summed E-state index contributed by atoms with van der Waals surface area (Å²) in [6.07, 6.45) is 10.9. The first kappa shape index (κ1) is 27.3. The second-order valence-corrected chi connectivity index (χ2v) is 11.7. The van der Waals surface area contributed by atoms with Gasteiger partial charge in [0.1, 0.15) is 12.0 Å². The largest absolute Gasteiger partial charge is 0.464 e. The SMILES string of the molecule is CCCCC1(CC)CN(C2=CC=CC(C)C2)c2cc(Cl)c(O/C=C(\F)C(=O)OC)cc2S(=O)(=O)C1. The first-order valence-corrected chi connectivity index (χ1v) is 13.9. The van der Waals surface area contributed by atoms with Crippen molar-refractivity contribution in [3.8, 4) is 5.75 Å². The van der Waals surface area contributed by atoms with Gasteiger partial charge in [-0.2, -0.15) is 4.39 Å². The third-order valence-electron chi connectivity index (χ3n) is 6.72. The van der Waals surface area contributed by atoms with Crippen LogP contribution in [0.4, 0.5) is 10.1 Å². The van der Waals surface area contributed by atoms with Gasteiger partial charge in [-0.05, 0) is 37.3 Å². The smallest absolute Gasteiger partial charge is 0.370 e. The number of carbonyl (C=O) groups excluding carboxylic acids is 1. The van der Waals surface area contributed by atoms with Crippen LogP contribution in [0.25, 0.3) is 0 Å². The van der Waals surface area contributed by atoms with Crippen LogP contribution in [0.5, 0.6) is 5.75 Å². The fraction of sp³-hybridized carbons (Fsp3) is 0.500. The normalized spacial score (nSPS) is 23.8. The van der Waals surface area contributed by atoms with Gasteiger partial charge >= 0.3 is 5.97 Å². The summed E-state index contributed by atoms with van der Waals surface area (Å²) in [6.45, 7) is 6.81. The van der Waals surface area contributed by atoms with Crippen LogP contribution < -0.4 is 9.64 Å². The lowest BCUT2D eigenvalue weighted by Gasteiger charge is -2.38. The summed E-state index contributed by atoms with van der Waals surface area (Å²) < 4.78 is 51.0. The summed E-state index contributed by atoms with van der Waals surface area (Å²) in [5, 5.41) is 0.107. The summed E-state index contributed by atoms with van der Waals surface area (Å²) in [6, 6.07) is 2.89. The van der Waals surface area contributed by atoms with Crippen LogP contribution in [-0.4, -0.2) is 33.8 Å². The number of ether oxygens (including phenoxy) is 2. The molecule has 0 aromatic heterocycles. The molecule has 0 spiro atoms. The van der Waals surface area contributed by atoms with Crippen molar-refractivity contribution in [3.63, 3.8) is 0 Å². The number of fused-ring (bicyclic) bond motifs is 1. The van der Waals surface area contributed by atoms with E-state index < -0.39 is 27.0 Å². The van der Waals surface area contributed by atoms with Crippen LogP contribution in [0.3, 0.4) is 0 Å². The lowest BCUT2D eigenvalue weighted by Crippen LogP contribution is -2.39. The summed E-state index contributed by atoms with van der Waals surface area (Å²) >= 11 is 6.48. The van der Waals surface area contributed by atoms with Gasteiger partial charge in [-0.25, -0.2) is 13.2 Å². The number of benzene rings is 1. The molecule has 2 atom stereocenters. The minimum Gasteiger partial charge on any atom is -0.464 e. The van der Waals surface area contributed by atoms with Crippen LogP contribution in [-0.2, 0) is 19.4 Å². The summed E-state index contributed by atoms with van der Waals surface area (Å²) in [5.74, 6) is -2.22. The van der Waals surface area contributed by atoms with Crippen LogP contribution >= 0.6 is 11.6 Å². The molecule has 0 saturated heterocycles. The molecule has 0 N–H and O–H groups in total. The number of esters is 1. The molecule has 2 unspecified atom stereocenters. The number of sulfone groups is 1. The minimum absolute atomic E-state index is 0.00783. The Balaban J connectivity index is 2.16. The zero-order valence-electron chi connectivity index (χ0n) is 20.6. The predicted molar refractivity (Wildman–Crippen MR) is 136 cm³/mol. The van der Waals surface area contributed by atoms with Crippen LogP contribution in [0.15, 0.2) is 53.0 Å². The van der Waals surface area contributed by atoms with Crippen molar-refractivity contribution in [2.24, 2.45) is 11.3 Å². The molecule has 1 aliphatic heterocycles. The molecule has 192 valence electrons. The van der Waals surface area contributed by atoms with Gasteiger partial charge in [-0.1, -0.05) is 57.4 Å². The Morgan fingerprint density at radius 1 is 1.34 bits per heavy atom. The van der Waals surface area contributed by atoms with Crippen molar-refractivity contribution < 1.29 is 27.1 Å². The second-order valence-electron chi connectivity index (χ2n) is 9.35. The van der Waals surface area contributed by atoms with Crippen molar-refractivity contribution >= 4 is 33.1 Å². The second kappa shape index (κ2) is 11.2. The average molecular weight is 526 g/mol. The number of anilines is 1. The zero-order valence-corrected chi connectivity index (χ0v) is 22.2. The highest BCUT2D eigenvalue weighted by Crippen LogP contribution is 2.46. The molecule has 0 fully saturated rings. The molecule has 1 aliphatic carbocycles. The Morgan fingerprint density at radius 2 is 2.09 bits per heavy atom. The fourth-order valence-corrected chi connectivity index (χ4v) is 7.03. The fourth-order valence-electron chi connectivity index (χ4n) is 4.65. The van der Waals surface area contributed by atoms with Crippen LogP contribution in [0.2, 0.25) is 5.02 Å². The Morgan fingerprint density at radius 3 is 2.71 bits per heavy atom. The minimum atomic E-state index is -3.74. The van der Waals surface area contributed by atoms with Gasteiger partial charge in [0, 0.05) is 23.7 Å². The van der Waals surface area contributed by atoms with Crippen molar-refractivity contribution in [2.45, 2.75) is 57.8 Å². The van der Waals surface area contributed by atoms with E-state index in [1.165, 1.54) is 6.07 Å². The van der Waals surface area contributed by atoms with Crippen molar-refractivity contribution in [3.05, 3.63) is 53.2 Å². The number of halogens is 2. The number of methoxy groups -OCH3 is 1. The van der Waals surface area contributed by atoms with E-state index in [1.54, 1.807) is 6.07 Å². The highest BCUT2D eigenvalue weighted by atomic mass is 35.5. The molecule has 0 amide bonds. The Labute approximate surface area is 212 Å². The number of carbonyl (C=O) groups is 1. The molecule has 1 heterocycles. The average Bonchev–Trinajstić information content (AvgIpc) is 2.92. The maximum Gasteiger partial charge on any atom is 0.370 e. The third-order valence-corrected chi connectivity index (χ3v) is 9.00. The quantitative estimate of drug-likeness (QED) is 0.223. The van der Waals surface area contributed by atoms with Crippen molar-refractivity contribution in [1.29, 1.82) is 0 Å². The monoisotopic (exact) mass is 525 g/mol.